The molecule has 0 bridgehead atoms. The fourth-order valence-corrected chi connectivity index (χ4v) is 4.67. The maximum Gasteiger partial charge on any atom is 0.410 e. The molecule has 34 heavy (non-hydrogen) atoms. The molecule has 2 aliphatic rings. The number of urea groups is 1. The van der Waals surface area contributed by atoms with Crippen LogP contribution in [0.25, 0.3) is 0 Å². The van der Waals surface area contributed by atoms with Crippen molar-refractivity contribution in [2.75, 3.05) is 31.6 Å². The molecular weight excluding hydrogens is 434 g/mol. The van der Waals surface area contributed by atoms with Crippen LogP contribution in [0.2, 0.25) is 0 Å². The van der Waals surface area contributed by atoms with E-state index in [-0.39, 0.29) is 43.2 Å². The van der Waals surface area contributed by atoms with Gasteiger partial charge in [-0.25, -0.2) is 9.59 Å². The minimum Gasteiger partial charge on any atom is -0.469 e. The Bertz CT molecular complexity index is 976. The first-order chi connectivity index (χ1) is 16.6. The smallest absolute Gasteiger partial charge is 0.410 e. The molecule has 0 spiro atoms. The third-order valence-corrected chi connectivity index (χ3v) is 6.54. The second-order valence-corrected chi connectivity index (χ2v) is 8.67. The number of ether oxygens (including phenoxy) is 2. The van der Waals surface area contributed by atoms with E-state index < -0.39 is 0 Å². The molecule has 2 aromatic carbocycles. The molecule has 1 unspecified atom stereocenters. The zero-order valence-electron chi connectivity index (χ0n) is 19.5. The summed E-state index contributed by atoms with van der Waals surface area (Å²) in [5.41, 5.74) is 1.78. The van der Waals surface area contributed by atoms with E-state index in [4.69, 9.17) is 9.47 Å². The van der Waals surface area contributed by atoms with Crippen LogP contribution in [0.1, 0.15) is 31.2 Å². The van der Waals surface area contributed by atoms with E-state index in [1.165, 1.54) is 7.11 Å². The maximum absolute atomic E-state index is 13.4. The average Bonchev–Trinajstić information content (AvgIpc) is 3.22. The highest BCUT2D eigenvalue weighted by atomic mass is 16.6. The number of carbonyl (C=O) groups excluding carboxylic acids is 3. The van der Waals surface area contributed by atoms with Gasteiger partial charge in [0.2, 0.25) is 0 Å². The molecule has 2 aromatic rings. The lowest BCUT2D eigenvalue weighted by atomic mass is 10.0. The predicted molar refractivity (Wildman–Crippen MR) is 127 cm³/mol. The van der Waals surface area contributed by atoms with Crippen LogP contribution in [0.3, 0.4) is 0 Å². The van der Waals surface area contributed by atoms with E-state index >= 15 is 0 Å². The zero-order chi connectivity index (χ0) is 23.9. The number of methoxy groups -OCH3 is 1. The topological polar surface area (TPSA) is 79.4 Å². The van der Waals surface area contributed by atoms with Crippen LogP contribution in [-0.2, 0) is 20.9 Å². The van der Waals surface area contributed by atoms with Crippen molar-refractivity contribution in [3.63, 3.8) is 0 Å². The number of esters is 1. The molecule has 2 aliphatic heterocycles. The van der Waals surface area contributed by atoms with Gasteiger partial charge in [-0.3, -0.25) is 9.69 Å². The number of carbonyl (C=O) groups is 3. The zero-order valence-corrected chi connectivity index (χ0v) is 19.5. The monoisotopic (exact) mass is 465 g/mol. The summed E-state index contributed by atoms with van der Waals surface area (Å²) in [6.45, 7) is 1.88. The summed E-state index contributed by atoms with van der Waals surface area (Å²) in [7, 11) is 1.38. The SMILES string of the molecule is COC(=O)CCC1CN(C2CCN(C(=O)OCc3ccccc3)CC2)C(=O)N1c1ccccc1. The minimum absolute atomic E-state index is 0.0417. The molecule has 8 heteroatoms. The van der Waals surface area contributed by atoms with Gasteiger partial charge >= 0.3 is 18.1 Å². The Labute approximate surface area is 200 Å². The summed E-state index contributed by atoms with van der Waals surface area (Å²) in [5.74, 6) is -0.277. The van der Waals surface area contributed by atoms with Gasteiger partial charge in [-0.2, -0.15) is 0 Å². The highest BCUT2D eigenvalue weighted by Gasteiger charge is 2.42. The van der Waals surface area contributed by atoms with Gasteiger partial charge in [-0.1, -0.05) is 48.5 Å². The number of para-hydroxylation sites is 1. The first-order valence-electron chi connectivity index (χ1n) is 11.7. The molecule has 8 nitrogen and oxygen atoms in total. The quantitative estimate of drug-likeness (QED) is 0.577. The summed E-state index contributed by atoms with van der Waals surface area (Å²) in [5, 5.41) is 0. The lowest BCUT2D eigenvalue weighted by Crippen LogP contribution is -2.48. The first kappa shape index (κ1) is 23.6. The van der Waals surface area contributed by atoms with Gasteiger partial charge in [0.15, 0.2) is 0 Å². The predicted octanol–water partition coefficient (Wildman–Crippen LogP) is 4.05. The van der Waals surface area contributed by atoms with Gasteiger partial charge < -0.3 is 19.3 Å². The van der Waals surface area contributed by atoms with Crippen molar-refractivity contribution < 1.29 is 23.9 Å². The molecule has 0 aliphatic carbocycles. The van der Waals surface area contributed by atoms with E-state index in [1.54, 1.807) is 9.80 Å². The van der Waals surface area contributed by atoms with Gasteiger partial charge in [0.25, 0.3) is 0 Å². The van der Waals surface area contributed by atoms with Crippen molar-refractivity contribution in [3.8, 4) is 0 Å². The van der Waals surface area contributed by atoms with Crippen molar-refractivity contribution in [1.29, 1.82) is 0 Å². The normalized spacial score (nSPS) is 18.8. The van der Waals surface area contributed by atoms with Crippen LogP contribution in [0, 0.1) is 0 Å². The Morgan fingerprint density at radius 2 is 1.62 bits per heavy atom. The molecule has 4 rings (SSSR count). The van der Waals surface area contributed by atoms with Gasteiger partial charge in [-0.15, -0.1) is 0 Å². The fraction of sp³-hybridized carbons (Fsp3) is 0.423. The van der Waals surface area contributed by atoms with Crippen LogP contribution in [0.15, 0.2) is 60.7 Å². The van der Waals surface area contributed by atoms with Crippen molar-refractivity contribution in [2.45, 2.75) is 44.4 Å². The van der Waals surface area contributed by atoms with Gasteiger partial charge in [0.05, 0.1) is 13.2 Å². The number of hydrogen-bond donors (Lipinski definition) is 0. The lowest BCUT2D eigenvalue weighted by Gasteiger charge is -2.36. The van der Waals surface area contributed by atoms with Gasteiger partial charge in [-0.05, 0) is 37.0 Å². The van der Waals surface area contributed by atoms with E-state index in [9.17, 15) is 14.4 Å². The van der Waals surface area contributed by atoms with Crippen molar-refractivity contribution >= 4 is 23.8 Å². The molecule has 3 amide bonds. The number of nitrogens with zero attached hydrogens (tertiary/aromatic N) is 3. The Kier molecular flexibility index (Phi) is 7.67. The third kappa shape index (κ3) is 5.50. The standard InChI is InChI=1S/C26H31N3O5/c1-33-24(30)13-12-23-18-28(25(31)29(23)22-10-6-3-7-11-22)21-14-16-27(17-15-21)26(32)34-19-20-8-4-2-5-9-20/h2-11,21,23H,12-19H2,1H3. The van der Waals surface area contributed by atoms with E-state index in [2.05, 4.69) is 0 Å². The largest absolute Gasteiger partial charge is 0.469 e. The van der Waals surface area contributed by atoms with E-state index in [0.29, 0.717) is 38.9 Å². The molecule has 180 valence electrons. The van der Waals surface area contributed by atoms with Gasteiger partial charge in [0, 0.05) is 37.8 Å². The minimum atomic E-state index is -0.322. The molecule has 0 N–H and O–H groups in total. The molecule has 2 heterocycles. The number of anilines is 1. The molecule has 0 aromatic heterocycles. The summed E-state index contributed by atoms with van der Waals surface area (Å²) < 4.78 is 10.3. The highest BCUT2D eigenvalue weighted by Crippen LogP contribution is 2.31. The summed E-state index contributed by atoms with van der Waals surface area (Å²) >= 11 is 0. The average molecular weight is 466 g/mol. The van der Waals surface area contributed by atoms with Crippen LogP contribution in [-0.4, -0.2) is 66.7 Å². The molecule has 0 radical (unpaired) electrons. The molecule has 0 saturated carbocycles. The number of benzene rings is 2. The van der Waals surface area contributed by atoms with Crippen LogP contribution < -0.4 is 4.90 Å². The Morgan fingerprint density at radius 3 is 2.26 bits per heavy atom. The second kappa shape index (κ2) is 11.0. The molecule has 2 fully saturated rings. The number of rotatable bonds is 7. The van der Waals surface area contributed by atoms with E-state index in [1.807, 2.05) is 65.6 Å². The van der Waals surface area contributed by atoms with Crippen LogP contribution >= 0.6 is 0 Å². The fourth-order valence-electron chi connectivity index (χ4n) is 4.67. The van der Waals surface area contributed by atoms with Crippen LogP contribution in [0.5, 0.6) is 0 Å². The molecular formula is C26H31N3O5. The van der Waals surface area contributed by atoms with Gasteiger partial charge in [0.1, 0.15) is 6.61 Å². The summed E-state index contributed by atoms with van der Waals surface area (Å²) in [4.78, 5) is 43.1. The second-order valence-electron chi connectivity index (χ2n) is 8.67. The number of hydrogen-bond acceptors (Lipinski definition) is 5. The summed E-state index contributed by atoms with van der Waals surface area (Å²) in [6.07, 6.45) is 1.86. The molecule has 2 saturated heterocycles. The lowest BCUT2D eigenvalue weighted by molar-refractivity contribution is -0.140. The van der Waals surface area contributed by atoms with Crippen molar-refractivity contribution in [2.24, 2.45) is 0 Å². The molecule has 1 atom stereocenters. The first-order valence-corrected chi connectivity index (χ1v) is 11.7. The van der Waals surface area contributed by atoms with Crippen molar-refractivity contribution in [1.82, 2.24) is 9.80 Å². The highest BCUT2D eigenvalue weighted by molar-refractivity contribution is 5.95. The number of likely N-dealkylation sites (tertiary alicyclic amines) is 1. The maximum atomic E-state index is 13.4. The Balaban J connectivity index is 1.35. The summed E-state index contributed by atoms with van der Waals surface area (Å²) in [6, 6.07) is 19.0. The Morgan fingerprint density at radius 1 is 0.971 bits per heavy atom. The van der Waals surface area contributed by atoms with E-state index in [0.717, 1.165) is 11.3 Å². The number of piperidine rings is 1. The number of amides is 3. The van der Waals surface area contributed by atoms with Crippen molar-refractivity contribution in [3.05, 3.63) is 66.2 Å². The Hall–Kier alpha value is -3.55. The third-order valence-electron chi connectivity index (χ3n) is 6.54. The van der Waals surface area contributed by atoms with Crippen LogP contribution in [0.4, 0.5) is 15.3 Å².